The number of hydrogen-bond donors (Lipinski definition) is 0. The maximum Gasteiger partial charge on any atom is 0.191 e. The maximum absolute atomic E-state index is 6.22. The summed E-state index contributed by atoms with van der Waals surface area (Å²) < 4.78 is 2.00. The van der Waals surface area contributed by atoms with Crippen LogP contribution in [0, 0.1) is 6.92 Å². The highest BCUT2D eigenvalue weighted by Gasteiger charge is 2.14. The molecule has 3 rings (SSSR count). The Labute approximate surface area is 149 Å². The molecular formula is C17H15Cl2N3S. The number of halogens is 2. The lowest BCUT2D eigenvalue weighted by atomic mass is 10.1. The second kappa shape index (κ2) is 6.95. The van der Waals surface area contributed by atoms with E-state index in [1.807, 2.05) is 41.9 Å². The lowest BCUT2D eigenvalue weighted by molar-refractivity contribution is 0.793. The van der Waals surface area contributed by atoms with Crippen LogP contribution in [0.2, 0.25) is 10.0 Å². The Morgan fingerprint density at radius 2 is 1.70 bits per heavy atom. The fraction of sp³-hybridized carbons (Fsp3) is 0.176. The zero-order valence-corrected chi connectivity index (χ0v) is 15.1. The highest BCUT2D eigenvalue weighted by atomic mass is 35.5. The van der Waals surface area contributed by atoms with Crippen LogP contribution in [0.25, 0.3) is 11.4 Å². The van der Waals surface area contributed by atoms with Gasteiger partial charge in [-0.05, 0) is 30.2 Å². The van der Waals surface area contributed by atoms with Gasteiger partial charge in [0, 0.05) is 28.4 Å². The van der Waals surface area contributed by atoms with Crippen molar-refractivity contribution in [3.63, 3.8) is 0 Å². The van der Waals surface area contributed by atoms with Crippen LogP contribution in [0.1, 0.15) is 11.1 Å². The predicted octanol–water partition coefficient (Wildman–Crippen LogP) is 5.39. The molecule has 3 nitrogen and oxygen atoms in total. The summed E-state index contributed by atoms with van der Waals surface area (Å²) in [6.07, 6.45) is 0. The van der Waals surface area contributed by atoms with Gasteiger partial charge >= 0.3 is 0 Å². The SMILES string of the molecule is Cc1ccccc1-c1nnc(SCc2c(Cl)cccc2Cl)n1C. The minimum Gasteiger partial charge on any atom is -0.305 e. The van der Waals surface area contributed by atoms with E-state index in [4.69, 9.17) is 23.2 Å². The van der Waals surface area contributed by atoms with Gasteiger partial charge < -0.3 is 4.57 Å². The van der Waals surface area contributed by atoms with Crippen LogP contribution in [0.4, 0.5) is 0 Å². The van der Waals surface area contributed by atoms with Crippen molar-refractivity contribution in [1.29, 1.82) is 0 Å². The van der Waals surface area contributed by atoms with Crippen molar-refractivity contribution in [1.82, 2.24) is 14.8 Å². The molecule has 2 aromatic carbocycles. The van der Waals surface area contributed by atoms with Crippen molar-refractivity contribution in [3.8, 4) is 11.4 Å². The molecule has 0 N–H and O–H groups in total. The van der Waals surface area contributed by atoms with Gasteiger partial charge in [-0.25, -0.2) is 0 Å². The van der Waals surface area contributed by atoms with Crippen molar-refractivity contribution in [2.24, 2.45) is 7.05 Å². The zero-order valence-electron chi connectivity index (χ0n) is 12.8. The van der Waals surface area contributed by atoms with Gasteiger partial charge in [-0.3, -0.25) is 0 Å². The van der Waals surface area contributed by atoms with E-state index in [1.54, 1.807) is 11.8 Å². The van der Waals surface area contributed by atoms with Crippen LogP contribution >= 0.6 is 35.0 Å². The van der Waals surface area contributed by atoms with Crippen molar-refractivity contribution in [2.75, 3.05) is 0 Å². The first-order valence-corrected chi connectivity index (χ1v) is 8.83. The molecule has 0 aliphatic heterocycles. The molecule has 0 unspecified atom stereocenters. The first kappa shape index (κ1) is 16.4. The summed E-state index contributed by atoms with van der Waals surface area (Å²) in [7, 11) is 1.97. The molecule has 118 valence electrons. The van der Waals surface area contributed by atoms with Crippen LogP contribution < -0.4 is 0 Å². The molecule has 3 aromatic rings. The third kappa shape index (κ3) is 3.39. The van der Waals surface area contributed by atoms with E-state index in [2.05, 4.69) is 29.3 Å². The Bertz CT molecular complexity index is 825. The minimum atomic E-state index is 0.651. The Morgan fingerprint density at radius 3 is 2.39 bits per heavy atom. The van der Waals surface area contributed by atoms with Crippen molar-refractivity contribution in [3.05, 3.63) is 63.6 Å². The average molecular weight is 364 g/mol. The third-order valence-electron chi connectivity index (χ3n) is 3.63. The summed E-state index contributed by atoms with van der Waals surface area (Å²) >= 11 is 14.0. The summed E-state index contributed by atoms with van der Waals surface area (Å²) in [4.78, 5) is 0. The molecule has 1 heterocycles. The highest BCUT2D eigenvalue weighted by Crippen LogP contribution is 2.32. The normalized spacial score (nSPS) is 11.0. The summed E-state index contributed by atoms with van der Waals surface area (Å²) in [6, 6.07) is 13.7. The topological polar surface area (TPSA) is 30.7 Å². The Balaban J connectivity index is 1.85. The fourth-order valence-corrected chi connectivity index (χ4v) is 3.96. The van der Waals surface area contributed by atoms with Crippen LogP contribution in [0.15, 0.2) is 47.6 Å². The number of benzene rings is 2. The minimum absolute atomic E-state index is 0.651. The standard InChI is InChI=1S/C17H15Cl2N3S/c1-11-6-3-4-7-12(11)16-20-21-17(22(16)2)23-10-13-14(18)8-5-9-15(13)19/h3-9H,10H2,1-2H3. The monoisotopic (exact) mass is 363 g/mol. The fourth-order valence-electron chi connectivity index (χ4n) is 2.31. The molecule has 1 aromatic heterocycles. The first-order chi connectivity index (χ1) is 11.1. The number of aromatic nitrogens is 3. The van der Waals surface area contributed by atoms with Crippen molar-refractivity contribution < 1.29 is 0 Å². The molecule has 0 amide bonds. The number of thioether (sulfide) groups is 1. The lowest BCUT2D eigenvalue weighted by Crippen LogP contribution is -1.96. The predicted molar refractivity (Wildman–Crippen MR) is 97.2 cm³/mol. The Morgan fingerprint density at radius 1 is 1.00 bits per heavy atom. The molecule has 0 saturated carbocycles. The van der Waals surface area contributed by atoms with Gasteiger partial charge in [-0.15, -0.1) is 10.2 Å². The second-order valence-corrected chi connectivity index (χ2v) is 6.93. The summed E-state index contributed by atoms with van der Waals surface area (Å²) in [5, 5.41) is 10.8. The molecule has 0 radical (unpaired) electrons. The summed E-state index contributed by atoms with van der Waals surface area (Å²) in [5.74, 6) is 1.51. The number of rotatable bonds is 4. The molecule has 0 aliphatic carbocycles. The van der Waals surface area contributed by atoms with E-state index >= 15 is 0 Å². The quantitative estimate of drug-likeness (QED) is 0.582. The Kier molecular flexibility index (Phi) is 4.95. The highest BCUT2D eigenvalue weighted by molar-refractivity contribution is 7.98. The van der Waals surface area contributed by atoms with Gasteiger partial charge in [0.1, 0.15) is 0 Å². The zero-order chi connectivity index (χ0) is 16.4. The molecule has 0 atom stereocenters. The molecule has 0 fully saturated rings. The van der Waals surface area contributed by atoms with Gasteiger partial charge in [0.15, 0.2) is 11.0 Å². The second-order valence-electron chi connectivity index (χ2n) is 5.17. The van der Waals surface area contributed by atoms with E-state index in [9.17, 15) is 0 Å². The van der Waals surface area contributed by atoms with E-state index in [-0.39, 0.29) is 0 Å². The van der Waals surface area contributed by atoms with Gasteiger partial charge in [-0.1, -0.05) is 65.3 Å². The van der Waals surface area contributed by atoms with Crippen LogP contribution in [-0.4, -0.2) is 14.8 Å². The molecule has 0 aliphatic rings. The molecule has 0 saturated heterocycles. The number of hydrogen-bond acceptors (Lipinski definition) is 3. The van der Waals surface area contributed by atoms with E-state index in [0.29, 0.717) is 15.8 Å². The molecule has 23 heavy (non-hydrogen) atoms. The van der Waals surface area contributed by atoms with E-state index in [0.717, 1.165) is 22.1 Å². The smallest absolute Gasteiger partial charge is 0.191 e. The molecule has 0 bridgehead atoms. The van der Waals surface area contributed by atoms with Gasteiger partial charge in [0.25, 0.3) is 0 Å². The number of nitrogens with zero attached hydrogens (tertiary/aromatic N) is 3. The van der Waals surface area contributed by atoms with Gasteiger partial charge in [-0.2, -0.15) is 0 Å². The van der Waals surface area contributed by atoms with Crippen molar-refractivity contribution >= 4 is 35.0 Å². The van der Waals surface area contributed by atoms with Crippen LogP contribution in [0.3, 0.4) is 0 Å². The van der Waals surface area contributed by atoms with Crippen molar-refractivity contribution in [2.45, 2.75) is 17.8 Å². The Hall–Kier alpha value is -1.49. The lowest BCUT2D eigenvalue weighted by Gasteiger charge is -2.08. The average Bonchev–Trinajstić information content (AvgIpc) is 2.88. The molecule has 0 spiro atoms. The molecular weight excluding hydrogens is 349 g/mol. The third-order valence-corrected chi connectivity index (χ3v) is 5.38. The maximum atomic E-state index is 6.22. The van der Waals surface area contributed by atoms with Gasteiger partial charge in [0.05, 0.1) is 0 Å². The summed E-state index contributed by atoms with van der Waals surface area (Å²) in [6.45, 7) is 2.07. The van der Waals surface area contributed by atoms with Gasteiger partial charge in [0.2, 0.25) is 0 Å². The van der Waals surface area contributed by atoms with Crippen LogP contribution in [-0.2, 0) is 12.8 Å². The number of aryl methyl sites for hydroxylation is 1. The largest absolute Gasteiger partial charge is 0.305 e. The molecule has 6 heteroatoms. The van der Waals surface area contributed by atoms with E-state index < -0.39 is 0 Å². The van der Waals surface area contributed by atoms with Crippen LogP contribution in [0.5, 0.6) is 0 Å². The van der Waals surface area contributed by atoms with E-state index in [1.165, 1.54) is 5.56 Å². The first-order valence-electron chi connectivity index (χ1n) is 7.09. The summed E-state index contributed by atoms with van der Waals surface area (Å²) in [5.41, 5.74) is 3.18.